The summed E-state index contributed by atoms with van der Waals surface area (Å²) in [7, 11) is 1.90. The molecule has 0 bridgehead atoms. The van der Waals surface area contributed by atoms with Gasteiger partial charge in [-0.3, -0.25) is 0 Å². The van der Waals surface area contributed by atoms with Gasteiger partial charge >= 0.3 is 5.69 Å². The molecular weight excluding hydrogens is 312 g/mol. The summed E-state index contributed by atoms with van der Waals surface area (Å²) in [5, 5.41) is 7.93. The zero-order valence-corrected chi connectivity index (χ0v) is 13.5. The standard InChI is InChI=1S/C17H17ClN4O/c1-19-10-13-5-7-16(8-6-13)21-12-20-22(17(21)23)11-14-3-2-4-15(18)9-14/h2-9,12,19H,10-11H2,1H3. The van der Waals surface area contributed by atoms with Crippen LogP contribution in [0.15, 0.2) is 59.7 Å². The molecule has 1 aromatic heterocycles. The van der Waals surface area contributed by atoms with Gasteiger partial charge in [0, 0.05) is 11.6 Å². The number of hydrogen-bond acceptors (Lipinski definition) is 3. The van der Waals surface area contributed by atoms with Gasteiger partial charge in [-0.15, -0.1) is 0 Å². The summed E-state index contributed by atoms with van der Waals surface area (Å²) < 4.78 is 2.96. The SMILES string of the molecule is CNCc1ccc(-n2cnn(Cc3cccc(Cl)c3)c2=O)cc1. The molecule has 0 amide bonds. The van der Waals surface area contributed by atoms with Crippen LogP contribution in [0.5, 0.6) is 0 Å². The van der Waals surface area contributed by atoms with Gasteiger partial charge in [0.1, 0.15) is 6.33 Å². The van der Waals surface area contributed by atoms with Crippen LogP contribution in [0.2, 0.25) is 5.02 Å². The number of aromatic nitrogens is 3. The van der Waals surface area contributed by atoms with E-state index < -0.39 is 0 Å². The Balaban J connectivity index is 1.85. The van der Waals surface area contributed by atoms with Gasteiger partial charge in [0.15, 0.2) is 0 Å². The van der Waals surface area contributed by atoms with Crippen LogP contribution >= 0.6 is 11.6 Å². The second kappa shape index (κ2) is 6.81. The number of nitrogens with one attached hydrogen (secondary N) is 1. The molecule has 5 nitrogen and oxygen atoms in total. The second-order valence-corrected chi connectivity index (χ2v) is 5.70. The van der Waals surface area contributed by atoms with E-state index >= 15 is 0 Å². The van der Waals surface area contributed by atoms with Gasteiger partial charge in [0.2, 0.25) is 0 Å². The number of benzene rings is 2. The van der Waals surface area contributed by atoms with Crippen LogP contribution in [0, 0.1) is 0 Å². The average molecular weight is 329 g/mol. The predicted molar refractivity (Wildman–Crippen MR) is 91.1 cm³/mol. The summed E-state index contributed by atoms with van der Waals surface area (Å²) >= 11 is 5.97. The molecule has 0 saturated carbocycles. The molecule has 3 rings (SSSR count). The highest BCUT2D eigenvalue weighted by atomic mass is 35.5. The largest absolute Gasteiger partial charge is 0.350 e. The maximum atomic E-state index is 12.5. The smallest absolute Gasteiger partial charge is 0.316 e. The van der Waals surface area contributed by atoms with Gasteiger partial charge in [0.05, 0.1) is 12.2 Å². The normalized spacial score (nSPS) is 10.9. The van der Waals surface area contributed by atoms with Crippen molar-refractivity contribution in [3.8, 4) is 5.69 Å². The lowest BCUT2D eigenvalue weighted by Crippen LogP contribution is -2.24. The second-order valence-electron chi connectivity index (χ2n) is 5.27. The molecule has 1 N–H and O–H groups in total. The zero-order valence-electron chi connectivity index (χ0n) is 12.7. The van der Waals surface area contributed by atoms with Gasteiger partial charge < -0.3 is 5.32 Å². The Morgan fingerprint density at radius 2 is 1.91 bits per heavy atom. The minimum absolute atomic E-state index is 0.175. The van der Waals surface area contributed by atoms with E-state index in [4.69, 9.17) is 11.6 Å². The van der Waals surface area contributed by atoms with Gasteiger partial charge in [0.25, 0.3) is 0 Å². The highest BCUT2D eigenvalue weighted by molar-refractivity contribution is 6.30. The van der Waals surface area contributed by atoms with Gasteiger partial charge in [-0.25, -0.2) is 14.0 Å². The van der Waals surface area contributed by atoms with E-state index in [0.29, 0.717) is 11.6 Å². The van der Waals surface area contributed by atoms with E-state index in [0.717, 1.165) is 23.4 Å². The van der Waals surface area contributed by atoms with Crippen molar-refractivity contribution in [3.05, 3.63) is 81.5 Å². The van der Waals surface area contributed by atoms with Crippen molar-refractivity contribution in [1.29, 1.82) is 0 Å². The molecule has 0 unspecified atom stereocenters. The molecular formula is C17H17ClN4O. The first-order chi connectivity index (χ1) is 11.2. The minimum atomic E-state index is -0.175. The fraction of sp³-hybridized carbons (Fsp3) is 0.176. The van der Waals surface area contributed by atoms with Crippen molar-refractivity contribution in [2.24, 2.45) is 0 Å². The third kappa shape index (κ3) is 3.52. The number of rotatable bonds is 5. The summed E-state index contributed by atoms with van der Waals surface area (Å²) in [4.78, 5) is 12.5. The number of nitrogens with zero attached hydrogens (tertiary/aromatic N) is 3. The summed E-state index contributed by atoms with van der Waals surface area (Å²) in [5.41, 5.74) is 2.73. The highest BCUT2D eigenvalue weighted by Gasteiger charge is 2.07. The van der Waals surface area contributed by atoms with Crippen LogP contribution in [0.25, 0.3) is 5.69 Å². The molecule has 0 aliphatic carbocycles. The van der Waals surface area contributed by atoms with Gasteiger partial charge in [-0.2, -0.15) is 5.10 Å². The molecule has 0 aliphatic rings. The summed E-state index contributed by atoms with van der Waals surface area (Å²) in [6, 6.07) is 15.2. The Morgan fingerprint density at radius 1 is 1.13 bits per heavy atom. The minimum Gasteiger partial charge on any atom is -0.316 e. The van der Waals surface area contributed by atoms with Crippen molar-refractivity contribution in [3.63, 3.8) is 0 Å². The third-order valence-electron chi connectivity index (χ3n) is 3.55. The van der Waals surface area contributed by atoms with Crippen LogP contribution < -0.4 is 11.0 Å². The molecule has 1 heterocycles. The monoisotopic (exact) mass is 328 g/mol. The van der Waals surface area contributed by atoms with Crippen molar-refractivity contribution >= 4 is 11.6 Å². The molecule has 0 atom stereocenters. The van der Waals surface area contributed by atoms with Crippen molar-refractivity contribution in [2.45, 2.75) is 13.1 Å². The van der Waals surface area contributed by atoms with Crippen LogP contribution in [0.3, 0.4) is 0 Å². The fourth-order valence-corrected chi connectivity index (χ4v) is 2.62. The van der Waals surface area contributed by atoms with Crippen LogP contribution in [0.4, 0.5) is 0 Å². The van der Waals surface area contributed by atoms with Crippen LogP contribution in [0.1, 0.15) is 11.1 Å². The predicted octanol–water partition coefficient (Wildman–Crippen LogP) is 2.46. The van der Waals surface area contributed by atoms with Crippen molar-refractivity contribution < 1.29 is 0 Å². The average Bonchev–Trinajstić information content (AvgIpc) is 2.90. The Hall–Kier alpha value is -2.37. The lowest BCUT2D eigenvalue weighted by molar-refractivity contribution is 0.653. The Labute approximate surface area is 139 Å². The Bertz CT molecular complexity index is 852. The maximum Gasteiger partial charge on any atom is 0.350 e. The summed E-state index contributed by atoms with van der Waals surface area (Å²) in [6.07, 6.45) is 1.54. The summed E-state index contributed by atoms with van der Waals surface area (Å²) in [6.45, 7) is 1.19. The lowest BCUT2D eigenvalue weighted by Gasteiger charge is -2.04. The highest BCUT2D eigenvalue weighted by Crippen LogP contribution is 2.11. The first-order valence-electron chi connectivity index (χ1n) is 7.30. The molecule has 6 heteroatoms. The first kappa shape index (κ1) is 15.5. The fourth-order valence-electron chi connectivity index (χ4n) is 2.41. The molecule has 0 saturated heterocycles. The van der Waals surface area contributed by atoms with E-state index in [1.807, 2.05) is 49.5 Å². The first-order valence-corrected chi connectivity index (χ1v) is 7.68. The molecule has 3 aromatic rings. The molecule has 0 aliphatic heterocycles. The maximum absolute atomic E-state index is 12.5. The molecule has 23 heavy (non-hydrogen) atoms. The molecule has 0 fully saturated rings. The molecule has 2 aromatic carbocycles. The topological polar surface area (TPSA) is 51.9 Å². The molecule has 0 radical (unpaired) electrons. The van der Waals surface area contributed by atoms with Gasteiger partial charge in [-0.05, 0) is 42.4 Å². The van der Waals surface area contributed by atoms with E-state index in [-0.39, 0.29) is 5.69 Å². The van der Waals surface area contributed by atoms with E-state index in [9.17, 15) is 4.79 Å². The Morgan fingerprint density at radius 3 is 2.61 bits per heavy atom. The lowest BCUT2D eigenvalue weighted by atomic mass is 10.2. The van der Waals surface area contributed by atoms with Gasteiger partial charge in [-0.1, -0.05) is 35.9 Å². The third-order valence-corrected chi connectivity index (χ3v) is 3.79. The number of halogens is 1. The molecule has 118 valence electrons. The van der Waals surface area contributed by atoms with Crippen LogP contribution in [-0.4, -0.2) is 21.4 Å². The van der Waals surface area contributed by atoms with Crippen molar-refractivity contribution in [2.75, 3.05) is 7.05 Å². The van der Waals surface area contributed by atoms with Crippen LogP contribution in [-0.2, 0) is 13.1 Å². The molecule has 0 spiro atoms. The van der Waals surface area contributed by atoms with E-state index in [2.05, 4.69) is 10.4 Å². The Kier molecular flexibility index (Phi) is 4.60. The zero-order chi connectivity index (χ0) is 16.2. The number of hydrogen-bond donors (Lipinski definition) is 1. The van der Waals surface area contributed by atoms with Crippen molar-refractivity contribution in [1.82, 2.24) is 19.7 Å². The quantitative estimate of drug-likeness (QED) is 0.782. The van der Waals surface area contributed by atoms with E-state index in [1.54, 1.807) is 12.4 Å². The summed E-state index contributed by atoms with van der Waals surface area (Å²) in [5.74, 6) is 0. The van der Waals surface area contributed by atoms with E-state index in [1.165, 1.54) is 9.25 Å².